The van der Waals surface area contributed by atoms with E-state index in [2.05, 4.69) is 43.4 Å². The van der Waals surface area contributed by atoms with Crippen molar-refractivity contribution in [2.24, 2.45) is 5.92 Å². The third-order valence-electron chi connectivity index (χ3n) is 3.04. The molecular weight excluding hydrogens is 170 g/mol. The topological polar surface area (TPSA) is 12.0 Å². The Morgan fingerprint density at radius 3 is 2.29 bits per heavy atom. The highest BCUT2D eigenvalue weighted by Gasteiger charge is 2.16. The lowest BCUT2D eigenvalue weighted by Gasteiger charge is -2.27. The Labute approximate surface area is 86.5 Å². The smallest absolute Gasteiger partial charge is 0.000506 e. The predicted octanol–water partition coefficient (Wildman–Crippen LogP) is 2.57. The first-order valence-corrected chi connectivity index (χ1v) is 5.55. The maximum Gasteiger partial charge on any atom is -0.000506 e. The quantitative estimate of drug-likeness (QED) is 0.770. The Hall–Kier alpha value is -0.820. The van der Waals surface area contributed by atoms with E-state index in [1.54, 1.807) is 0 Å². The molecule has 1 aliphatic heterocycles. The minimum absolute atomic E-state index is 0.648. The second-order valence-corrected chi connectivity index (χ2v) is 4.62. The van der Waals surface area contributed by atoms with Crippen LogP contribution >= 0.6 is 0 Å². The summed E-state index contributed by atoms with van der Waals surface area (Å²) in [4.78, 5) is 0. The van der Waals surface area contributed by atoms with E-state index in [-0.39, 0.29) is 0 Å². The van der Waals surface area contributed by atoms with Crippen molar-refractivity contribution in [1.29, 1.82) is 0 Å². The molecule has 0 aromatic heterocycles. The Morgan fingerprint density at radius 2 is 1.86 bits per heavy atom. The SMILES string of the molecule is CC(C)c1ccc(CC2CNC2)cc1. The molecule has 1 aromatic rings. The summed E-state index contributed by atoms with van der Waals surface area (Å²) in [5.74, 6) is 1.52. The monoisotopic (exact) mass is 189 g/mol. The van der Waals surface area contributed by atoms with Crippen molar-refractivity contribution in [3.05, 3.63) is 35.4 Å². The second-order valence-electron chi connectivity index (χ2n) is 4.62. The molecule has 14 heavy (non-hydrogen) atoms. The molecule has 76 valence electrons. The van der Waals surface area contributed by atoms with Crippen LogP contribution in [-0.2, 0) is 6.42 Å². The Bertz CT molecular complexity index is 283. The van der Waals surface area contributed by atoms with Gasteiger partial charge < -0.3 is 5.32 Å². The molecule has 1 aromatic carbocycles. The van der Waals surface area contributed by atoms with E-state index in [0.717, 1.165) is 5.92 Å². The fourth-order valence-corrected chi connectivity index (χ4v) is 1.86. The molecule has 1 N–H and O–H groups in total. The maximum atomic E-state index is 3.31. The van der Waals surface area contributed by atoms with E-state index in [4.69, 9.17) is 0 Å². The van der Waals surface area contributed by atoms with Crippen LogP contribution < -0.4 is 5.32 Å². The van der Waals surface area contributed by atoms with Crippen LogP contribution in [0.4, 0.5) is 0 Å². The van der Waals surface area contributed by atoms with Crippen LogP contribution in [-0.4, -0.2) is 13.1 Å². The van der Waals surface area contributed by atoms with Crippen LogP contribution in [0.25, 0.3) is 0 Å². The van der Waals surface area contributed by atoms with Gasteiger partial charge in [-0.05, 0) is 42.5 Å². The van der Waals surface area contributed by atoms with Crippen molar-refractivity contribution in [2.75, 3.05) is 13.1 Å². The van der Waals surface area contributed by atoms with Crippen molar-refractivity contribution in [1.82, 2.24) is 5.32 Å². The minimum Gasteiger partial charge on any atom is -0.316 e. The van der Waals surface area contributed by atoms with Crippen LogP contribution in [0.5, 0.6) is 0 Å². The molecule has 0 bridgehead atoms. The van der Waals surface area contributed by atoms with E-state index in [1.807, 2.05) is 0 Å². The molecule has 1 aliphatic rings. The zero-order chi connectivity index (χ0) is 9.97. The molecule has 0 aliphatic carbocycles. The average Bonchev–Trinajstić information content (AvgIpc) is 2.12. The largest absolute Gasteiger partial charge is 0.316 e. The van der Waals surface area contributed by atoms with Crippen LogP contribution in [0, 0.1) is 5.92 Å². The van der Waals surface area contributed by atoms with Gasteiger partial charge in [-0.2, -0.15) is 0 Å². The van der Waals surface area contributed by atoms with E-state index in [0.29, 0.717) is 5.92 Å². The number of benzene rings is 1. The standard InChI is InChI=1S/C13H19N/c1-10(2)13-5-3-11(4-6-13)7-12-8-14-9-12/h3-6,10,12,14H,7-9H2,1-2H3. The van der Waals surface area contributed by atoms with Gasteiger partial charge in [0.25, 0.3) is 0 Å². The van der Waals surface area contributed by atoms with Crippen molar-refractivity contribution in [3.63, 3.8) is 0 Å². The van der Waals surface area contributed by atoms with Gasteiger partial charge in [-0.25, -0.2) is 0 Å². The third kappa shape index (κ3) is 2.16. The highest BCUT2D eigenvalue weighted by atomic mass is 14.9. The summed E-state index contributed by atoms with van der Waals surface area (Å²) >= 11 is 0. The zero-order valence-electron chi connectivity index (χ0n) is 9.09. The summed E-state index contributed by atoms with van der Waals surface area (Å²) in [6.07, 6.45) is 1.24. The first-order chi connectivity index (χ1) is 6.75. The summed E-state index contributed by atoms with van der Waals surface area (Å²) in [5.41, 5.74) is 2.93. The van der Waals surface area contributed by atoms with Crippen molar-refractivity contribution < 1.29 is 0 Å². The molecule has 1 heterocycles. The van der Waals surface area contributed by atoms with Gasteiger partial charge in [-0.15, -0.1) is 0 Å². The molecular formula is C13H19N. The van der Waals surface area contributed by atoms with Gasteiger partial charge in [0.05, 0.1) is 0 Å². The normalized spacial score (nSPS) is 17.1. The Kier molecular flexibility index (Phi) is 2.87. The first kappa shape index (κ1) is 9.72. The molecule has 1 nitrogen and oxygen atoms in total. The molecule has 0 unspecified atom stereocenters. The number of hydrogen-bond donors (Lipinski definition) is 1. The van der Waals surface area contributed by atoms with Gasteiger partial charge in [-0.3, -0.25) is 0 Å². The lowest BCUT2D eigenvalue weighted by atomic mass is 9.93. The van der Waals surface area contributed by atoms with Gasteiger partial charge in [0, 0.05) is 0 Å². The highest BCUT2D eigenvalue weighted by molar-refractivity contribution is 5.25. The molecule has 0 atom stereocenters. The van der Waals surface area contributed by atoms with Crippen LogP contribution in [0.2, 0.25) is 0 Å². The molecule has 0 amide bonds. The molecule has 1 saturated heterocycles. The fourth-order valence-electron chi connectivity index (χ4n) is 1.86. The fraction of sp³-hybridized carbons (Fsp3) is 0.538. The highest BCUT2D eigenvalue weighted by Crippen LogP contribution is 2.17. The average molecular weight is 189 g/mol. The van der Waals surface area contributed by atoms with E-state index < -0.39 is 0 Å². The van der Waals surface area contributed by atoms with E-state index in [9.17, 15) is 0 Å². The van der Waals surface area contributed by atoms with Crippen LogP contribution in [0.3, 0.4) is 0 Å². The molecule has 1 fully saturated rings. The lowest BCUT2D eigenvalue weighted by Crippen LogP contribution is -2.43. The zero-order valence-corrected chi connectivity index (χ0v) is 9.09. The number of hydrogen-bond acceptors (Lipinski definition) is 1. The van der Waals surface area contributed by atoms with Gasteiger partial charge >= 0.3 is 0 Å². The molecule has 0 spiro atoms. The molecule has 0 radical (unpaired) electrons. The number of nitrogens with one attached hydrogen (secondary N) is 1. The van der Waals surface area contributed by atoms with Crippen molar-refractivity contribution in [3.8, 4) is 0 Å². The predicted molar refractivity (Wildman–Crippen MR) is 60.6 cm³/mol. The molecule has 2 rings (SSSR count). The number of rotatable bonds is 3. The minimum atomic E-state index is 0.648. The van der Waals surface area contributed by atoms with Gasteiger partial charge in [0.15, 0.2) is 0 Å². The summed E-state index contributed by atoms with van der Waals surface area (Å²) < 4.78 is 0. The van der Waals surface area contributed by atoms with Crippen LogP contribution in [0.15, 0.2) is 24.3 Å². The summed E-state index contributed by atoms with van der Waals surface area (Å²) in [7, 11) is 0. The Balaban J connectivity index is 1.98. The molecule has 1 heteroatoms. The van der Waals surface area contributed by atoms with Gasteiger partial charge in [-0.1, -0.05) is 38.1 Å². The maximum absolute atomic E-state index is 3.31. The van der Waals surface area contributed by atoms with Crippen molar-refractivity contribution in [2.45, 2.75) is 26.2 Å². The van der Waals surface area contributed by atoms with Crippen LogP contribution in [0.1, 0.15) is 30.9 Å². The summed E-state index contributed by atoms with van der Waals surface area (Å²) in [6, 6.07) is 9.11. The van der Waals surface area contributed by atoms with Gasteiger partial charge in [0.1, 0.15) is 0 Å². The lowest BCUT2D eigenvalue weighted by molar-refractivity contribution is 0.346. The summed E-state index contributed by atoms with van der Waals surface area (Å²) in [5, 5.41) is 3.31. The van der Waals surface area contributed by atoms with Gasteiger partial charge in [0.2, 0.25) is 0 Å². The molecule has 0 saturated carbocycles. The second kappa shape index (κ2) is 4.14. The first-order valence-electron chi connectivity index (χ1n) is 5.55. The Morgan fingerprint density at radius 1 is 1.21 bits per heavy atom. The third-order valence-corrected chi connectivity index (χ3v) is 3.04. The summed E-state index contributed by atoms with van der Waals surface area (Å²) in [6.45, 7) is 6.88. The van der Waals surface area contributed by atoms with E-state index in [1.165, 1.54) is 30.6 Å². The van der Waals surface area contributed by atoms with E-state index >= 15 is 0 Å². The van der Waals surface area contributed by atoms with Crippen molar-refractivity contribution >= 4 is 0 Å².